The maximum atomic E-state index is 9.39. The lowest BCUT2D eigenvalue weighted by Gasteiger charge is -2.28. The fourth-order valence-corrected chi connectivity index (χ4v) is 3.16. The van der Waals surface area contributed by atoms with Crippen LogP contribution in [-0.2, 0) is 0 Å². The molecule has 5 heteroatoms. The van der Waals surface area contributed by atoms with E-state index in [0.29, 0.717) is 17.6 Å². The van der Waals surface area contributed by atoms with Crippen molar-refractivity contribution in [2.45, 2.75) is 18.9 Å². The zero-order valence-corrected chi connectivity index (χ0v) is 12.7. The van der Waals surface area contributed by atoms with Gasteiger partial charge in [-0.25, -0.2) is 0 Å². The fraction of sp³-hybridized carbons (Fsp3) is 0.438. The molecular weight excluding hydrogens is 286 g/mol. The topological polar surface area (TPSA) is 48.4 Å². The number of benzene rings is 1. The number of hydrogen-bond donors (Lipinski definition) is 2. The Balaban J connectivity index is 1.94. The van der Waals surface area contributed by atoms with Crippen LogP contribution < -0.4 is 10.2 Å². The first-order valence-corrected chi connectivity index (χ1v) is 7.79. The first-order chi connectivity index (χ1) is 10.3. The number of anilines is 1. The SMILES string of the molecule is OCCN(CC1CCCN1)c1ccnc2cc(Cl)ccc12. The average Bonchev–Trinajstić information content (AvgIpc) is 2.99. The molecule has 2 aromatic rings. The summed E-state index contributed by atoms with van der Waals surface area (Å²) in [6, 6.07) is 8.28. The second kappa shape index (κ2) is 6.60. The van der Waals surface area contributed by atoms with E-state index in [0.717, 1.165) is 29.7 Å². The molecule has 112 valence electrons. The van der Waals surface area contributed by atoms with E-state index in [1.165, 1.54) is 12.8 Å². The Labute approximate surface area is 129 Å². The highest BCUT2D eigenvalue weighted by Gasteiger charge is 2.19. The highest BCUT2D eigenvalue weighted by atomic mass is 35.5. The van der Waals surface area contributed by atoms with E-state index >= 15 is 0 Å². The third kappa shape index (κ3) is 3.28. The minimum Gasteiger partial charge on any atom is -0.395 e. The molecule has 1 aliphatic heterocycles. The van der Waals surface area contributed by atoms with E-state index in [4.69, 9.17) is 11.6 Å². The van der Waals surface area contributed by atoms with Gasteiger partial charge in [-0.3, -0.25) is 4.98 Å². The van der Waals surface area contributed by atoms with Gasteiger partial charge in [0.05, 0.1) is 12.1 Å². The van der Waals surface area contributed by atoms with E-state index in [-0.39, 0.29) is 6.61 Å². The molecule has 0 saturated carbocycles. The van der Waals surface area contributed by atoms with Gasteiger partial charge in [0, 0.05) is 41.4 Å². The van der Waals surface area contributed by atoms with Crippen molar-refractivity contribution >= 4 is 28.2 Å². The Morgan fingerprint density at radius 3 is 3.05 bits per heavy atom. The first-order valence-electron chi connectivity index (χ1n) is 7.41. The number of nitrogens with zero attached hydrogens (tertiary/aromatic N) is 2. The smallest absolute Gasteiger partial charge is 0.0737 e. The highest BCUT2D eigenvalue weighted by molar-refractivity contribution is 6.31. The van der Waals surface area contributed by atoms with Gasteiger partial charge in [0.2, 0.25) is 0 Å². The van der Waals surface area contributed by atoms with Gasteiger partial charge in [-0.1, -0.05) is 11.6 Å². The quantitative estimate of drug-likeness (QED) is 0.891. The van der Waals surface area contributed by atoms with Crippen LogP contribution in [-0.4, -0.2) is 42.4 Å². The summed E-state index contributed by atoms with van der Waals surface area (Å²) >= 11 is 6.05. The van der Waals surface area contributed by atoms with Gasteiger partial charge in [0.25, 0.3) is 0 Å². The average molecular weight is 306 g/mol. The lowest BCUT2D eigenvalue weighted by Crippen LogP contribution is -2.39. The summed E-state index contributed by atoms with van der Waals surface area (Å²) in [5, 5.41) is 14.7. The molecule has 2 heterocycles. The van der Waals surface area contributed by atoms with Gasteiger partial charge in [-0.15, -0.1) is 0 Å². The number of fused-ring (bicyclic) bond motifs is 1. The van der Waals surface area contributed by atoms with Crippen LogP contribution in [0, 0.1) is 0 Å². The van der Waals surface area contributed by atoms with Crippen LogP contribution in [0.25, 0.3) is 10.9 Å². The van der Waals surface area contributed by atoms with Gasteiger partial charge in [0.1, 0.15) is 0 Å². The molecule has 0 amide bonds. The minimum atomic E-state index is 0.143. The standard InChI is InChI=1S/C16H20ClN3O/c17-12-3-4-14-15(10-12)19-7-5-16(14)20(8-9-21)11-13-2-1-6-18-13/h3-5,7,10,13,18,21H,1-2,6,8-9,11H2. The summed E-state index contributed by atoms with van der Waals surface area (Å²) in [5.41, 5.74) is 2.00. The molecule has 0 spiro atoms. The van der Waals surface area contributed by atoms with Crippen LogP contribution in [0.4, 0.5) is 5.69 Å². The number of nitrogens with one attached hydrogen (secondary N) is 1. The predicted octanol–water partition coefficient (Wildman–Crippen LogP) is 2.44. The normalized spacial score (nSPS) is 18.3. The van der Waals surface area contributed by atoms with Crippen LogP contribution in [0.15, 0.2) is 30.5 Å². The number of halogens is 1. The second-order valence-corrected chi connectivity index (χ2v) is 5.89. The van der Waals surface area contributed by atoms with E-state index < -0.39 is 0 Å². The van der Waals surface area contributed by atoms with E-state index in [1.807, 2.05) is 24.3 Å². The summed E-state index contributed by atoms with van der Waals surface area (Å²) in [5.74, 6) is 0. The minimum absolute atomic E-state index is 0.143. The Kier molecular flexibility index (Phi) is 4.58. The lowest BCUT2D eigenvalue weighted by molar-refractivity contribution is 0.300. The Hall–Kier alpha value is -1.36. The van der Waals surface area contributed by atoms with E-state index in [2.05, 4.69) is 15.2 Å². The largest absolute Gasteiger partial charge is 0.395 e. The molecule has 1 atom stereocenters. The number of aliphatic hydroxyl groups excluding tert-OH is 1. The number of pyridine rings is 1. The van der Waals surface area contributed by atoms with Gasteiger partial charge in [0.15, 0.2) is 0 Å². The van der Waals surface area contributed by atoms with Gasteiger partial charge in [-0.2, -0.15) is 0 Å². The van der Waals surface area contributed by atoms with Crippen LogP contribution in [0.2, 0.25) is 5.02 Å². The summed E-state index contributed by atoms with van der Waals surface area (Å²) < 4.78 is 0. The number of hydrogen-bond acceptors (Lipinski definition) is 4. The zero-order chi connectivity index (χ0) is 14.7. The molecule has 4 nitrogen and oxygen atoms in total. The Morgan fingerprint density at radius 1 is 1.38 bits per heavy atom. The molecule has 0 bridgehead atoms. The third-order valence-corrected chi connectivity index (χ3v) is 4.23. The predicted molar refractivity (Wildman–Crippen MR) is 87.1 cm³/mol. The van der Waals surface area contributed by atoms with Crippen molar-refractivity contribution in [2.24, 2.45) is 0 Å². The Morgan fingerprint density at radius 2 is 2.29 bits per heavy atom. The Bertz CT molecular complexity index is 613. The number of aliphatic hydroxyl groups is 1. The maximum absolute atomic E-state index is 9.39. The summed E-state index contributed by atoms with van der Waals surface area (Å²) in [4.78, 5) is 6.62. The van der Waals surface area contributed by atoms with Gasteiger partial charge in [-0.05, 0) is 43.7 Å². The lowest BCUT2D eigenvalue weighted by atomic mass is 10.1. The molecule has 3 rings (SSSR count). The van der Waals surface area contributed by atoms with Crippen molar-refractivity contribution in [3.8, 4) is 0 Å². The van der Waals surface area contributed by atoms with Crippen molar-refractivity contribution in [1.82, 2.24) is 10.3 Å². The van der Waals surface area contributed by atoms with Crippen molar-refractivity contribution < 1.29 is 5.11 Å². The second-order valence-electron chi connectivity index (χ2n) is 5.45. The van der Waals surface area contributed by atoms with Gasteiger partial charge < -0.3 is 15.3 Å². The zero-order valence-electron chi connectivity index (χ0n) is 11.9. The molecule has 0 radical (unpaired) electrons. The van der Waals surface area contributed by atoms with Crippen LogP contribution in [0.5, 0.6) is 0 Å². The molecule has 2 N–H and O–H groups in total. The van der Waals surface area contributed by atoms with Crippen LogP contribution in [0.3, 0.4) is 0 Å². The van der Waals surface area contributed by atoms with E-state index in [1.54, 1.807) is 6.20 Å². The summed E-state index contributed by atoms with van der Waals surface area (Å²) in [6.45, 7) is 2.76. The van der Waals surface area contributed by atoms with Crippen molar-refractivity contribution in [3.63, 3.8) is 0 Å². The van der Waals surface area contributed by atoms with Crippen LogP contribution >= 0.6 is 11.6 Å². The first kappa shape index (κ1) is 14.6. The maximum Gasteiger partial charge on any atom is 0.0737 e. The molecule has 1 unspecified atom stereocenters. The number of aromatic nitrogens is 1. The van der Waals surface area contributed by atoms with E-state index in [9.17, 15) is 5.11 Å². The van der Waals surface area contributed by atoms with Crippen LogP contribution in [0.1, 0.15) is 12.8 Å². The monoisotopic (exact) mass is 305 g/mol. The molecule has 21 heavy (non-hydrogen) atoms. The molecule has 0 aliphatic carbocycles. The molecular formula is C16H20ClN3O. The van der Waals surface area contributed by atoms with Crippen molar-refractivity contribution in [1.29, 1.82) is 0 Å². The molecule has 1 fully saturated rings. The highest BCUT2D eigenvalue weighted by Crippen LogP contribution is 2.28. The molecule has 1 aliphatic rings. The number of rotatable bonds is 5. The fourth-order valence-electron chi connectivity index (χ4n) is 2.99. The molecule has 1 aromatic carbocycles. The summed E-state index contributed by atoms with van der Waals surface area (Å²) in [6.07, 6.45) is 4.22. The van der Waals surface area contributed by atoms with Crippen molar-refractivity contribution in [2.75, 3.05) is 31.1 Å². The molecule has 1 aromatic heterocycles. The van der Waals surface area contributed by atoms with Gasteiger partial charge >= 0.3 is 0 Å². The summed E-state index contributed by atoms with van der Waals surface area (Å²) in [7, 11) is 0. The van der Waals surface area contributed by atoms with Crippen molar-refractivity contribution in [3.05, 3.63) is 35.5 Å². The molecule has 1 saturated heterocycles. The third-order valence-electron chi connectivity index (χ3n) is 4.00.